The second-order valence-electron chi connectivity index (χ2n) is 6.80. The van der Waals surface area contributed by atoms with E-state index in [4.69, 9.17) is 4.74 Å². The fraction of sp³-hybridized carbons (Fsp3) is 0.167. The Morgan fingerprint density at radius 1 is 0.931 bits per heavy atom. The lowest BCUT2D eigenvalue weighted by Crippen LogP contribution is -2.16. The largest absolute Gasteiger partial charge is 0.423 e. The van der Waals surface area contributed by atoms with Gasteiger partial charge in [-0.15, -0.1) is 0 Å². The van der Waals surface area contributed by atoms with Crippen LogP contribution in [0.1, 0.15) is 31.8 Å². The minimum atomic E-state index is -0.346. The average Bonchev–Trinajstić information content (AvgIpc) is 2.72. The van der Waals surface area contributed by atoms with Gasteiger partial charge in [0.15, 0.2) is 10.6 Å². The van der Waals surface area contributed by atoms with Crippen LogP contribution in [0.2, 0.25) is 0 Å². The number of rotatable bonds is 6. The van der Waals surface area contributed by atoms with E-state index in [1.165, 1.54) is 0 Å². The monoisotopic (exact) mass is 517 g/mol. The Hall–Kier alpha value is -2.12. The molecule has 0 radical (unpaired) electrons. The van der Waals surface area contributed by atoms with Gasteiger partial charge in [0.05, 0.1) is 5.56 Å². The van der Waals surface area contributed by atoms with Crippen LogP contribution in [0.4, 0.5) is 0 Å². The smallest absolute Gasteiger partial charge is 0.344 e. The number of benzene rings is 3. The molecule has 3 nitrogen and oxygen atoms in total. The summed E-state index contributed by atoms with van der Waals surface area (Å²) in [6.45, 7) is 3.84. The van der Waals surface area contributed by atoms with Crippen molar-refractivity contribution in [3.05, 3.63) is 92.6 Å². The van der Waals surface area contributed by atoms with Crippen molar-refractivity contribution in [3.63, 3.8) is 0 Å². The Balaban J connectivity index is 1.68. The number of carbonyl (C=O) groups excluding carboxylic acids is 2. The molecule has 1 atom stereocenters. The summed E-state index contributed by atoms with van der Waals surface area (Å²) in [5.74, 6) is 0.754. The first-order chi connectivity index (χ1) is 13.9. The highest BCUT2D eigenvalue weighted by Crippen LogP contribution is 2.23. The van der Waals surface area contributed by atoms with Gasteiger partial charge in [-0.2, -0.15) is 0 Å². The highest BCUT2D eigenvalue weighted by Gasteiger charge is 2.22. The topological polar surface area (TPSA) is 43.4 Å². The van der Waals surface area contributed by atoms with Gasteiger partial charge in [-0.25, -0.2) is 4.79 Å². The molecule has 0 saturated heterocycles. The third-order valence-corrected chi connectivity index (χ3v) is 7.63. The van der Waals surface area contributed by atoms with Gasteiger partial charge >= 0.3 is 5.97 Å². The highest BCUT2D eigenvalue weighted by molar-refractivity contribution is 14.1. The van der Waals surface area contributed by atoms with Crippen LogP contribution in [0.15, 0.2) is 71.6 Å². The molecule has 0 saturated carbocycles. The summed E-state index contributed by atoms with van der Waals surface area (Å²) in [5, 5.41) is 0. The zero-order valence-corrected chi connectivity index (χ0v) is 19.5. The van der Waals surface area contributed by atoms with E-state index in [0.717, 1.165) is 25.2 Å². The van der Waals surface area contributed by atoms with E-state index < -0.39 is 0 Å². The van der Waals surface area contributed by atoms with Crippen LogP contribution in [-0.4, -0.2) is 23.8 Å². The molecular weight excluding hydrogens is 495 g/mol. The molecule has 0 heterocycles. The van der Waals surface area contributed by atoms with Crippen molar-refractivity contribution in [2.75, 3.05) is 12.0 Å². The van der Waals surface area contributed by atoms with Crippen molar-refractivity contribution in [3.8, 4) is 5.75 Å². The zero-order valence-electron chi connectivity index (χ0n) is 16.6. The molecule has 0 spiro atoms. The van der Waals surface area contributed by atoms with Crippen LogP contribution in [-0.2, 0) is 10.9 Å². The van der Waals surface area contributed by atoms with E-state index in [0.29, 0.717) is 17.1 Å². The van der Waals surface area contributed by atoms with E-state index in [1.54, 1.807) is 12.1 Å². The van der Waals surface area contributed by atoms with Gasteiger partial charge in [0.1, 0.15) is 12.0 Å². The standard InChI is InChI=1S/C24H22IO3S/c1-16-9-14-21(25)17(2)23(16)24(27)28-19-10-12-20(13-11-19)29(3)15-22(26)18-7-5-4-6-8-18/h4-14H,15H2,1-3H3/q+1. The van der Waals surface area contributed by atoms with Crippen molar-refractivity contribution >= 4 is 45.2 Å². The molecule has 0 amide bonds. The van der Waals surface area contributed by atoms with E-state index in [9.17, 15) is 9.59 Å². The molecule has 5 heteroatoms. The summed E-state index contributed by atoms with van der Waals surface area (Å²) in [6.07, 6.45) is 2.06. The SMILES string of the molecule is Cc1ccc(I)c(C)c1C(=O)Oc1ccc([S+](C)CC(=O)c2ccccc2)cc1. The second-order valence-corrected chi connectivity index (χ2v) is 9.99. The van der Waals surface area contributed by atoms with Gasteiger partial charge < -0.3 is 4.74 Å². The van der Waals surface area contributed by atoms with Crippen LogP contribution in [0.3, 0.4) is 0 Å². The van der Waals surface area contributed by atoms with Crippen LogP contribution in [0.25, 0.3) is 0 Å². The normalized spacial score (nSPS) is 11.7. The molecule has 3 rings (SSSR count). The molecule has 0 aliphatic heterocycles. The third kappa shape index (κ3) is 5.28. The average molecular weight is 517 g/mol. The van der Waals surface area contributed by atoms with Crippen molar-refractivity contribution in [2.45, 2.75) is 18.7 Å². The Morgan fingerprint density at radius 3 is 2.24 bits per heavy atom. The first-order valence-corrected chi connectivity index (χ1v) is 12.0. The predicted octanol–water partition coefficient (Wildman–Crippen LogP) is 5.62. The summed E-state index contributed by atoms with van der Waals surface area (Å²) in [5.41, 5.74) is 3.19. The van der Waals surface area contributed by atoms with Crippen molar-refractivity contribution in [1.82, 2.24) is 0 Å². The lowest BCUT2D eigenvalue weighted by Gasteiger charge is -2.11. The number of ketones is 1. The van der Waals surface area contributed by atoms with Crippen LogP contribution in [0.5, 0.6) is 5.75 Å². The van der Waals surface area contributed by atoms with Crippen molar-refractivity contribution in [1.29, 1.82) is 0 Å². The molecule has 0 aliphatic rings. The first kappa shape index (κ1) is 21.6. The summed E-state index contributed by atoms with van der Waals surface area (Å²) >= 11 is 2.22. The molecular formula is C24H22IO3S+. The Kier molecular flexibility index (Phi) is 7.14. The fourth-order valence-electron chi connectivity index (χ4n) is 3.02. The van der Waals surface area contributed by atoms with Gasteiger partial charge in [0, 0.05) is 20.0 Å². The predicted molar refractivity (Wildman–Crippen MR) is 127 cm³/mol. The van der Waals surface area contributed by atoms with Crippen molar-refractivity contribution in [2.24, 2.45) is 0 Å². The number of Topliss-reactive ketones (excluding diaryl/α,β-unsaturated/α-hetero) is 1. The number of carbonyl (C=O) groups is 2. The molecule has 0 aromatic heterocycles. The molecule has 3 aromatic carbocycles. The van der Waals surface area contributed by atoms with Crippen molar-refractivity contribution < 1.29 is 14.3 Å². The quantitative estimate of drug-likeness (QED) is 0.140. The Bertz CT molecular complexity index is 1030. The summed E-state index contributed by atoms with van der Waals surface area (Å²) in [4.78, 5) is 26.2. The molecule has 0 fully saturated rings. The fourth-order valence-corrected chi connectivity index (χ4v) is 4.80. The molecule has 0 aliphatic carbocycles. The molecule has 0 bridgehead atoms. The number of hydrogen-bond acceptors (Lipinski definition) is 3. The molecule has 1 unspecified atom stereocenters. The summed E-state index contributed by atoms with van der Waals surface area (Å²) in [7, 11) is -0.222. The number of hydrogen-bond donors (Lipinski definition) is 0. The number of esters is 1. The third-order valence-electron chi connectivity index (χ3n) is 4.69. The molecule has 29 heavy (non-hydrogen) atoms. The number of halogens is 1. The van der Waals surface area contributed by atoms with Gasteiger partial charge in [0.25, 0.3) is 0 Å². The Morgan fingerprint density at radius 2 is 1.59 bits per heavy atom. The summed E-state index contributed by atoms with van der Waals surface area (Å²) < 4.78 is 6.63. The first-order valence-electron chi connectivity index (χ1n) is 9.15. The number of aryl methyl sites for hydroxylation is 1. The van der Waals surface area contributed by atoms with E-state index in [-0.39, 0.29) is 22.6 Å². The maximum Gasteiger partial charge on any atom is 0.344 e. The van der Waals surface area contributed by atoms with Crippen LogP contribution < -0.4 is 4.74 Å². The molecule has 3 aromatic rings. The zero-order chi connectivity index (χ0) is 21.0. The maximum absolute atomic E-state index is 12.7. The minimum Gasteiger partial charge on any atom is -0.423 e. The lowest BCUT2D eigenvalue weighted by atomic mass is 10.0. The second kappa shape index (κ2) is 9.59. The molecule has 148 valence electrons. The minimum absolute atomic E-state index is 0.136. The van der Waals surface area contributed by atoms with E-state index in [2.05, 4.69) is 28.8 Å². The highest BCUT2D eigenvalue weighted by atomic mass is 127. The Labute approximate surface area is 188 Å². The molecule has 0 N–H and O–H groups in total. The van der Waals surface area contributed by atoms with E-state index >= 15 is 0 Å². The van der Waals surface area contributed by atoms with Gasteiger partial charge in [-0.3, -0.25) is 4.79 Å². The van der Waals surface area contributed by atoms with Crippen LogP contribution >= 0.6 is 22.6 Å². The van der Waals surface area contributed by atoms with Crippen LogP contribution in [0, 0.1) is 17.4 Å². The van der Waals surface area contributed by atoms with Gasteiger partial charge in [-0.1, -0.05) is 36.4 Å². The van der Waals surface area contributed by atoms with Gasteiger partial charge in [0.2, 0.25) is 5.78 Å². The maximum atomic E-state index is 12.7. The number of ether oxygens (including phenoxy) is 1. The van der Waals surface area contributed by atoms with E-state index in [1.807, 2.05) is 68.4 Å². The lowest BCUT2D eigenvalue weighted by molar-refractivity contribution is 0.0733. The summed E-state index contributed by atoms with van der Waals surface area (Å²) in [6, 6.07) is 20.7. The van der Waals surface area contributed by atoms with Gasteiger partial charge in [-0.05, 0) is 77.9 Å².